The highest BCUT2D eigenvalue weighted by Crippen LogP contribution is 2.04. The van der Waals surface area contributed by atoms with Crippen LogP contribution in [0.3, 0.4) is 0 Å². The summed E-state index contributed by atoms with van der Waals surface area (Å²) in [7, 11) is 0. The van der Waals surface area contributed by atoms with Gasteiger partial charge in [0.2, 0.25) is 5.95 Å². The van der Waals surface area contributed by atoms with Gasteiger partial charge in [0.05, 0.1) is 5.56 Å². The smallest absolute Gasteiger partial charge is 0.253 e. The number of hydrogen-bond donors (Lipinski definition) is 1. The Morgan fingerprint density at radius 3 is 2.50 bits per heavy atom. The summed E-state index contributed by atoms with van der Waals surface area (Å²) >= 11 is 0. The minimum atomic E-state index is -0.586. The van der Waals surface area contributed by atoms with Crippen molar-refractivity contribution in [3.05, 3.63) is 29.8 Å². The Hall–Kier alpha value is -1.45. The van der Waals surface area contributed by atoms with Crippen molar-refractivity contribution in [2.75, 3.05) is 0 Å². The van der Waals surface area contributed by atoms with Crippen LogP contribution in [-0.4, -0.2) is 16.4 Å². The van der Waals surface area contributed by atoms with Gasteiger partial charge in [-0.2, -0.15) is 4.39 Å². The summed E-state index contributed by atoms with van der Waals surface area (Å²) in [5, 5.41) is 2.75. The van der Waals surface area contributed by atoms with Crippen molar-refractivity contribution >= 4 is 5.91 Å². The van der Waals surface area contributed by atoms with E-state index in [1.54, 1.807) is 0 Å². The van der Waals surface area contributed by atoms with Crippen molar-refractivity contribution in [1.29, 1.82) is 0 Å². The van der Waals surface area contributed by atoms with Crippen molar-refractivity contribution < 1.29 is 9.18 Å². The molecule has 0 saturated heterocycles. The molecule has 1 rings (SSSR count). The Bertz CT molecular complexity index is 327. The first-order valence-corrected chi connectivity index (χ1v) is 4.32. The molecule has 0 spiro atoms. The second-order valence-corrected chi connectivity index (χ2v) is 4.07. The minimum absolute atomic E-state index is 0.245. The number of rotatable bonds is 1. The zero-order valence-corrected chi connectivity index (χ0v) is 8.47. The quantitative estimate of drug-likeness (QED) is 0.693. The first-order valence-electron chi connectivity index (χ1n) is 4.32. The van der Waals surface area contributed by atoms with E-state index >= 15 is 0 Å². The van der Waals surface area contributed by atoms with Gasteiger partial charge in [0.15, 0.2) is 0 Å². The number of carbonyl (C=O) groups is 1. The molecule has 0 aliphatic carbocycles. The molecule has 1 aromatic rings. The third-order valence-electron chi connectivity index (χ3n) is 1.48. The van der Waals surface area contributed by atoms with Gasteiger partial charge in [-0.05, 0) is 32.9 Å². The third kappa shape index (κ3) is 3.12. The molecule has 0 aliphatic rings. The van der Waals surface area contributed by atoms with Gasteiger partial charge < -0.3 is 5.32 Å². The van der Waals surface area contributed by atoms with Crippen LogP contribution >= 0.6 is 0 Å². The fraction of sp³-hybridized carbons (Fsp3) is 0.400. The second-order valence-electron chi connectivity index (χ2n) is 4.07. The van der Waals surface area contributed by atoms with Gasteiger partial charge in [0.25, 0.3) is 5.91 Å². The average Bonchev–Trinajstić information content (AvgIpc) is 2.02. The van der Waals surface area contributed by atoms with Crippen molar-refractivity contribution in [1.82, 2.24) is 10.3 Å². The Morgan fingerprint density at radius 2 is 2.07 bits per heavy atom. The van der Waals surface area contributed by atoms with Crippen LogP contribution in [0.25, 0.3) is 0 Å². The first-order chi connectivity index (χ1) is 6.38. The minimum Gasteiger partial charge on any atom is -0.347 e. The lowest BCUT2D eigenvalue weighted by molar-refractivity contribution is 0.0919. The zero-order valence-electron chi connectivity index (χ0n) is 8.47. The molecular weight excluding hydrogens is 182 g/mol. The number of pyridine rings is 1. The van der Waals surface area contributed by atoms with Crippen LogP contribution in [0.1, 0.15) is 31.1 Å². The van der Waals surface area contributed by atoms with Gasteiger partial charge in [-0.3, -0.25) is 4.79 Å². The Kier molecular flexibility index (Phi) is 2.84. The van der Waals surface area contributed by atoms with Crippen molar-refractivity contribution in [3.63, 3.8) is 0 Å². The number of nitrogens with zero attached hydrogens (tertiary/aromatic N) is 1. The molecule has 76 valence electrons. The highest BCUT2D eigenvalue weighted by molar-refractivity contribution is 5.94. The number of nitrogens with one attached hydrogen (secondary N) is 1. The Balaban J connectivity index is 2.76. The molecule has 0 fully saturated rings. The summed E-state index contributed by atoms with van der Waals surface area (Å²) in [4.78, 5) is 14.9. The van der Waals surface area contributed by atoms with E-state index in [-0.39, 0.29) is 11.4 Å². The van der Waals surface area contributed by atoms with Crippen LogP contribution in [0.5, 0.6) is 0 Å². The normalized spacial score (nSPS) is 11.1. The van der Waals surface area contributed by atoms with Gasteiger partial charge in [-0.15, -0.1) is 0 Å². The van der Waals surface area contributed by atoms with Gasteiger partial charge in [0, 0.05) is 11.7 Å². The molecule has 4 heteroatoms. The van der Waals surface area contributed by atoms with Crippen LogP contribution in [0.4, 0.5) is 4.39 Å². The molecule has 14 heavy (non-hydrogen) atoms. The maximum Gasteiger partial charge on any atom is 0.253 e. The van der Waals surface area contributed by atoms with Crippen LogP contribution < -0.4 is 5.32 Å². The van der Waals surface area contributed by atoms with Gasteiger partial charge in [-0.25, -0.2) is 4.98 Å². The van der Waals surface area contributed by atoms with E-state index in [9.17, 15) is 9.18 Å². The summed E-state index contributed by atoms with van der Waals surface area (Å²) in [6.45, 7) is 5.63. The molecule has 0 atom stereocenters. The maximum absolute atomic E-state index is 12.4. The van der Waals surface area contributed by atoms with E-state index in [4.69, 9.17) is 0 Å². The van der Waals surface area contributed by atoms with E-state index in [1.807, 2.05) is 20.8 Å². The predicted molar refractivity (Wildman–Crippen MR) is 51.4 cm³/mol. The molecular formula is C10H13FN2O. The number of amides is 1. The summed E-state index contributed by atoms with van der Waals surface area (Å²) in [5.74, 6) is -0.831. The fourth-order valence-corrected chi connectivity index (χ4v) is 0.923. The lowest BCUT2D eigenvalue weighted by Crippen LogP contribution is -2.40. The summed E-state index contributed by atoms with van der Waals surface area (Å²) in [6.07, 6.45) is 1.22. The lowest BCUT2D eigenvalue weighted by Gasteiger charge is -2.20. The number of aromatic nitrogens is 1. The highest BCUT2D eigenvalue weighted by Gasteiger charge is 2.15. The molecule has 0 saturated carbocycles. The lowest BCUT2D eigenvalue weighted by atomic mass is 10.1. The monoisotopic (exact) mass is 195 g/mol. The van der Waals surface area contributed by atoms with Crippen LogP contribution in [0, 0.1) is 5.95 Å². The summed E-state index contributed by atoms with van der Waals surface area (Å²) in [6, 6.07) is 2.57. The van der Waals surface area contributed by atoms with Crippen molar-refractivity contribution in [2.24, 2.45) is 0 Å². The van der Waals surface area contributed by atoms with E-state index in [1.165, 1.54) is 12.3 Å². The summed E-state index contributed by atoms with van der Waals surface area (Å²) in [5.41, 5.74) is 0.0622. The number of halogens is 1. The third-order valence-corrected chi connectivity index (χ3v) is 1.48. The van der Waals surface area contributed by atoms with E-state index in [2.05, 4.69) is 10.3 Å². The first kappa shape index (κ1) is 10.6. The molecule has 1 amide bonds. The van der Waals surface area contributed by atoms with Crippen LogP contribution in [0.2, 0.25) is 0 Å². The fourth-order valence-electron chi connectivity index (χ4n) is 0.923. The van der Waals surface area contributed by atoms with Gasteiger partial charge in [-0.1, -0.05) is 0 Å². The maximum atomic E-state index is 12.4. The predicted octanol–water partition coefficient (Wildman–Crippen LogP) is 1.75. The molecule has 1 aromatic heterocycles. The molecule has 0 radical (unpaired) electrons. The summed E-state index contributed by atoms with van der Waals surface area (Å²) < 4.78 is 12.4. The molecule has 1 N–H and O–H groups in total. The topological polar surface area (TPSA) is 42.0 Å². The number of carbonyl (C=O) groups excluding carboxylic acids is 1. The van der Waals surface area contributed by atoms with E-state index < -0.39 is 5.95 Å². The molecule has 0 unspecified atom stereocenters. The molecule has 1 heterocycles. The molecule has 0 aromatic carbocycles. The van der Waals surface area contributed by atoms with Crippen LogP contribution in [0.15, 0.2) is 18.3 Å². The van der Waals surface area contributed by atoms with Crippen molar-refractivity contribution in [2.45, 2.75) is 26.3 Å². The molecule has 0 aliphatic heterocycles. The van der Waals surface area contributed by atoms with Crippen LogP contribution in [-0.2, 0) is 0 Å². The second kappa shape index (κ2) is 3.74. The molecule has 0 bridgehead atoms. The zero-order chi connectivity index (χ0) is 10.8. The van der Waals surface area contributed by atoms with E-state index in [0.29, 0.717) is 5.56 Å². The number of hydrogen-bond acceptors (Lipinski definition) is 2. The highest BCUT2D eigenvalue weighted by atomic mass is 18.2. The largest absolute Gasteiger partial charge is 0.347 e. The average molecular weight is 195 g/mol. The molecule has 3 nitrogen and oxygen atoms in total. The van der Waals surface area contributed by atoms with E-state index in [0.717, 1.165) is 6.07 Å². The SMILES string of the molecule is CC(C)(C)NC(=O)c1ccc([18F])nc1. The Morgan fingerprint density at radius 1 is 1.43 bits per heavy atom. The standard InChI is InChI=1S/C10H13FN2O/c1-10(2,3)13-9(14)7-4-5-8(11)12-6-7/h4-6H,1-3H3,(H,13,14)/i11-1. The van der Waals surface area contributed by atoms with Crippen molar-refractivity contribution in [3.8, 4) is 0 Å². The van der Waals surface area contributed by atoms with Gasteiger partial charge >= 0.3 is 0 Å². The van der Waals surface area contributed by atoms with Gasteiger partial charge in [0.1, 0.15) is 0 Å². The Labute approximate surface area is 82.4 Å².